The van der Waals surface area contributed by atoms with Gasteiger partial charge in [-0.2, -0.15) is 11.8 Å². The van der Waals surface area contributed by atoms with E-state index in [0.29, 0.717) is 0 Å². The van der Waals surface area contributed by atoms with E-state index in [2.05, 4.69) is 6.92 Å². The first-order valence-corrected chi connectivity index (χ1v) is 12.5. The van der Waals surface area contributed by atoms with Crippen LogP contribution in [0.25, 0.3) is 0 Å². The van der Waals surface area contributed by atoms with E-state index in [4.69, 9.17) is 4.74 Å². The fraction of sp³-hybridized carbons (Fsp3) is 0.957. The number of esters is 1. The third kappa shape index (κ3) is 18.6. The number of carbonyl (C=O) groups excluding carboxylic acids is 1. The number of rotatable bonds is 20. The number of thioether (sulfide) groups is 1. The van der Waals surface area contributed by atoms with E-state index in [-0.39, 0.29) is 11.9 Å². The topological polar surface area (TPSA) is 26.3 Å². The summed E-state index contributed by atoms with van der Waals surface area (Å²) < 4.78 is 4.75. The minimum Gasteiger partial charge on any atom is -0.469 e. The zero-order valence-corrected chi connectivity index (χ0v) is 18.8. The van der Waals surface area contributed by atoms with Crippen molar-refractivity contribution in [3.63, 3.8) is 0 Å². The predicted molar refractivity (Wildman–Crippen MR) is 118 cm³/mol. The molecule has 0 saturated carbocycles. The quantitative estimate of drug-likeness (QED) is 0.158. The molecule has 0 aromatic rings. The number of methoxy groups -OCH3 is 1. The molecule has 0 aromatic heterocycles. The van der Waals surface area contributed by atoms with Crippen LogP contribution >= 0.6 is 11.8 Å². The molecule has 26 heavy (non-hydrogen) atoms. The van der Waals surface area contributed by atoms with Gasteiger partial charge in [0.25, 0.3) is 0 Å². The maximum atomic E-state index is 11.3. The molecule has 0 bridgehead atoms. The Morgan fingerprint density at radius 2 is 1.12 bits per heavy atom. The van der Waals surface area contributed by atoms with E-state index < -0.39 is 0 Å². The number of unbranched alkanes of at least 4 members (excludes halogenated alkanes) is 15. The number of hydrogen-bond acceptors (Lipinski definition) is 3. The zero-order chi connectivity index (χ0) is 19.3. The minimum absolute atomic E-state index is 0.0334. The van der Waals surface area contributed by atoms with E-state index in [9.17, 15) is 4.79 Å². The molecule has 156 valence electrons. The van der Waals surface area contributed by atoms with Crippen molar-refractivity contribution >= 4 is 17.7 Å². The van der Waals surface area contributed by atoms with Gasteiger partial charge >= 0.3 is 5.97 Å². The minimum atomic E-state index is -0.0792. The molecule has 3 heteroatoms. The smallest absolute Gasteiger partial charge is 0.309 e. The second-order valence-corrected chi connectivity index (χ2v) is 8.95. The first-order valence-electron chi connectivity index (χ1n) is 11.4. The second-order valence-electron chi connectivity index (χ2n) is 7.80. The SMILES string of the molecule is CCCCCCCCCCCCCCCCCCSCC(C)C(=O)OC. The van der Waals surface area contributed by atoms with E-state index in [1.54, 1.807) is 0 Å². The van der Waals surface area contributed by atoms with Gasteiger partial charge in [-0.05, 0) is 12.2 Å². The Labute approximate surface area is 168 Å². The molecule has 0 fully saturated rings. The molecule has 2 nitrogen and oxygen atoms in total. The lowest BCUT2D eigenvalue weighted by atomic mass is 10.0. The second kappa shape index (κ2) is 21.1. The van der Waals surface area contributed by atoms with Gasteiger partial charge in [-0.15, -0.1) is 0 Å². The third-order valence-electron chi connectivity index (χ3n) is 5.11. The van der Waals surface area contributed by atoms with Crippen molar-refractivity contribution in [3.05, 3.63) is 0 Å². The van der Waals surface area contributed by atoms with Gasteiger partial charge in [0.2, 0.25) is 0 Å². The standard InChI is InChI=1S/C23H46O2S/c1-4-5-6-7-8-9-10-11-12-13-14-15-16-17-18-19-20-26-21-22(2)23(24)25-3/h22H,4-21H2,1-3H3. The van der Waals surface area contributed by atoms with Crippen LogP contribution in [0.3, 0.4) is 0 Å². The fourth-order valence-electron chi connectivity index (χ4n) is 3.28. The number of ether oxygens (including phenoxy) is 1. The lowest BCUT2D eigenvalue weighted by molar-refractivity contribution is -0.143. The van der Waals surface area contributed by atoms with E-state index in [1.807, 2.05) is 18.7 Å². The van der Waals surface area contributed by atoms with Crippen LogP contribution in [0.2, 0.25) is 0 Å². The normalized spacial score (nSPS) is 12.3. The molecule has 0 N–H and O–H groups in total. The van der Waals surface area contributed by atoms with Crippen LogP contribution in [0.4, 0.5) is 0 Å². The Morgan fingerprint density at radius 1 is 0.731 bits per heavy atom. The van der Waals surface area contributed by atoms with Gasteiger partial charge in [0.15, 0.2) is 0 Å². The van der Waals surface area contributed by atoms with Crippen molar-refractivity contribution in [2.45, 2.75) is 117 Å². The summed E-state index contributed by atoms with van der Waals surface area (Å²) in [7, 11) is 1.47. The summed E-state index contributed by atoms with van der Waals surface area (Å²) in [5.41, 5.74) is 0. The van der Waals surface area contributed by atoms with Gasteiger partial charge < -0.3 is 4.74 Å². The molecule has 0 heterocycles. The molecule has 0 spiro atoms. The molecule has 0 aliphatic rings. The third-order valence-corrected chi connectivity index (χ3v) is 6.43. The Kier molecular flexibility index (Phi) is 21.0. The fourth-order valence-corrected chi connectivity index (χ4v) is 4.35. The van der Waals surface area contributed by atoms with Crippen molar-refractivity contribution < 1.29 is 9.53 Å². The van der Waals surface area contributed by atoms with Crippen molar-refractivity contribution in [1.29, 1.82) is 0 Å². The summed E-state index contributed by atoms with van der Waals surface area (Å²) in [4.78, 5) is 11.3. The van der Waals surface area contributed by atoms with Crippen LogP contribution in [0.1, 0.15) is 117 Å². The monoisotopic (exact) mass is 386 g/mol. The molecular weight excluding hydrogens is 340 g/mol. The lowest BCUT2D eigenvalue weighted by Crippen LogP contribution is -2.15. The maximum Gasteiger partial charge on any atom is 0.309 e. The highest BCUT2D eigenvalue weighted by Crippen LogP contribution is 2.15. The lowest BCUT2D eigenvalue weighted by Gasteiger charge is -2.08. The zero-order valence-electron chi connectivity index (χ0n) is 18.0. The van der Waals surface area contributed by atoms with Gasteiger partial charge in [-0.1, -0.05) is 110 Å². The van der Waals surface area contributed by atoms with Crippen LogP contribution in [0, 0.1) is 5.92 Å². The van der Waals surface area contributed by atoms with Gasteiger partial charge in [-0.3, -0.25) is 4.79 Å². The Hall–Kier alpha value is -0.180. The maximum absolute atomic E-state index is 11.3. The van der Waals surface area contributed by atoms with Gasteiger partial charge in [0.05, 0.1) is 13.0 Å². The van der Waals surface area contributed by atoms with E-state index in [1.165, 1.54) is 116 Å². The summed E-state index contributed by atoms with van der Waals surface area (Å²) in [6, 6.07) is 0. The molecule has 1 unspecified atom stereocenters. The first kappa shape index (κ1) is 25.8. The van der Waals surface area contributed by atoms with E-state index >= 15 is 0 Å². The Balaban J connectivity index is 3.08. The number of hydrogen-bond donors (Lipinski definition) is 0. The summed E-state index contributed by atoms with van der Waals surface area (Å²) in [5.74, 6) is 2.03. The van der Waals surface area contributed by atoms with Crippen LogP contribution in [-0.4, -0.2) is 24.6 Å². The van der Waals surface area contributed by atoms with Crippen molar-refractivity contribution in [3.8, 4) is 0 Å². The molecule has 1 atom stereocenters. The molecule has 0 aliphatic carbocycles. The predicted octanol–water partition coefficient (Wildman–Crippen LogP) is 7.79. The van der Waals surface area contributed by atoms with E-state index in [0.717, 1.165) is 5.75 Å². The average molecular weight is 387 g/mol. The van der Waals surface area contributed by atoms with Gasteiger partial charge in [0.1, 0.15) is 0 Å². The summed E-state index contributed by atoms with van der Waals surface area (Å²) in [6.45, 7) is 4.24. The van der Waals surface area contributed by atoms with Gasteiger partial charge in [-0.25, -0.2) is 0 Å². The summed E-state index contributed by atoms with van der Waals surface area (Å²) in [5, 5.41) is 0. The molecule has 0 rings (SSSR count). The Bertz CT molecular complexity index is 294. The highest BCUT2D eigenvalue weighted by atomic mass is 32.2. The molecule has 0 saturated heterocycles. The van der Waals surface area contributed by atoms with Crippen LogP contribution in [0.15, 0.2) is 0 Å². The summed E-state index contributed by atoms with van der Waals surface area (Å²) >= 11 is 1.89. The first-order chi connectivity index (χ1) is 12.7. The summed E-state index contributed by atoms with van der Waals surface area (Å²) in [6.07, 6.45) is 22.7. The van der Waals surface area contributed by atoms with Crippen LogP contribution in [0.5, 0.6) is 0 Å². The molecule has 0 radical (unpaired) electrons. The Morgan fingerprint density at radius 3 is 1.50 bits per heavy atom. The molecule has 0 amide bonds. The molecule has 0 aliphatic heterocycles. The largest absolute Gasteiger partial charge is 0.469 e. The highest BCUT2D eigenvalue weighted by Gasteiger charge is 2.12. The molecular formula is C23H46O2S. The van der Waals surface area contributed by atoms with Crippen molar-refractivity contribution in [1.82, 2.24) is 0 Å². The number of carbonyl (C=O) groups is 1. The van der Waals surface area contributed by atoms with Crippen molar-refractivity contribution in [2.24, 2.45) is 5.92 Å². The molecule has 0 aromatic carbocycles. The van der Waals surface area contributed by atoms with Gasteiger partial charge in [0, 0.05) is 5.75 Å². The highest BCUT2D eigenvalue weighted by molar-refractivity contribution is 7.99. The average Bonchev–Trinajstić information content (AvgIpc) is 2.66. The van der Waals surface area contributed by atoms with Crippen molar-refractivity contribution in [2.75, 3.05) is 18.6 Å². The van der Waals surface area contributed by atoms with Crippen LogP contribution < -0.4 is 0 Å². The van der Waals surface area contributed by atoms with Crippen LogP contribution in [-0.2, 0) is 9.53 Å².